The van der Waals surface area contributed by atoms with Gasteiger partial charge in [-0.15, -0.1) is 0 Å². The first-order valence-corrected chi connectivity index (χ1v) is 8.03. The fourth-order valence-electron chi connectivity index (χ4n) is 3.03. The number of methoxy groups -OCH3 is 1. The van der Waals surface area contributed by atoms with Gasteiger partial charge >= 0.3 is 0 Å². The van der Waals surface area contributed by atoms with Crippen molar-refractivity contribution in [3.63, 3.8) is 0 Å². The zero-order valence-corrected chi connectivity index (χ0v) is 14.0. The average Bonchev–Trinajstić information content (AvgIpc) is 3.00. The Morgan fingerprint density at radius 1 is 0.960 bits per heavy atom. The lowest BCUT2D eigenvalue weighted by Crippen LogP contribution is -2.11. The summed E-state index contributed by atoms with van der Waals surface area (Å²) in [6.07, 6.45) is 0. The zero-order valence-electron chi connectivity index (χ0n) is 14.0. The van der Waals surface area contributed by atoms with Gasteiger partial charge in [-0.25, -0.2) is 0 Å². The van der Waals surface area contributed by atoms with Gasteiger partial charge in [-0.3, -0.25) is 4.79 Å². The third-order valence-electron chi connectivity index (χ3n) is 4.38. The van der Waals surface area contributed by atoms with Crippen LogP contribution in [0.2, 0.25) is 0 Å². The lowest BCUT2D eigenvalue weighted by atomic mass is 10.1. The molecule has 0 saturated carbocycles. The number of carbonyl (C=O) groups is 1. The van der Waals surface area contributed by atoms with Crippen molar-refractivity contribution in [1.29, 1.82) is 0 Å². The molecule has 124 valence electrons. The Kier molecular flexibility index (Phi) is 3.65. The number of hydrogen-bond donors (Lipinski definition) is 1. The molecule has 0 spiro atoms. The summed E-state index contributed by atoms with van der Waals surface area (Å²) in [5.41, 5.74) is 2.28. The highest BCUT2D eigenvalue weighted by atomic mass is 16.5. The van der Waals surface area contributed by atoms with Gasteiger partial charge in [0.05, 0.1) is 7.11 Å². The van der Waals surface area contributed by atoms with E-state index in [0.717, 1.165) is 33.1 Å². The number of ether oxygens (including phenoxy) is 1. The van der Waals surface area contributed by atoms with E-state index in [-0.39, 0.29) is 5.91 Å². The number of hydrogen-bond acceptors (Lipinski definition) is 3. The van der Waals surface area contributed by atoms with Crippen molar-refractivity contribution in [2.75, 3.05) is 12.4 Å². The van der Waals surface area contributed by atoms with Crippen LogP contribution in [0.5, 0.6) is 5.75 Å². The maximum atomic E-state index is 12.7. The molecule has 0 aliphatic carbocycles. The van der Waals surface area contributed by atoms with Crippen molar-refractivity contribution in [2.45, 2.75) is 6.92 Å². The minimum absolute atomic E-state index is 0.261. The Balaban J connectivity index is 1.73. The second kappa shape index (κ2) is 5.98. The van der Waals surface area contributed by atoms with Gasteiger partial charge in [0.15, 0.2) is 5.76 Å². The molecule has 0 saturated heterocycles. The number of amides is 1. The molecule has 0 fully saturated rings. The van der Waals surface area contributed by atoms with Crippen molar-refractivity contribution in [3.8, 4) is 5.75 Å². The quantitative estimate of drug-likeness (QED) is 0.564. The first-order chi connectivity index (χ1) is 12.2. The summed E-state index contributed by atoms with van der Waals surface area (Å²) in [5.74, 6) is 0.814. The van der Waals surface area contributed by atoms with Crippen LogP contribution in [0, 0.1) is 6.92 Å². The summed E-state index contributed by atoms with van der Waals surface area (Å²) < 4.78 is 11.1. The first-order valence-electron chi connectivity index (χ1n) is 8.03. The van der Waals surface area contributed by atoms with Gasteiger partial charge in [0, 0.05) is 22.0 Å². The third-order valence-corrected chi connectivity index (χ3v) is 4.38. The Bertz CT molecular complexity index is 1080. The molecule has 4 aromatic rings. The van der Waals surface area contributed by atoms with E-state index in [4.69, 9.17) is 9.15 Å². The maximum Gasteiger partial charge on any atom is 0.291 e. The molecule has 3 aromatic carbocycles. The summed E-state index contributed by atoms with van der Waals surface area (Å²) in [7, 11) is 1.61. The van der Waals surface area contributed by atoms with E-state index in [9.17, 15) is 4.79 Å². The third kappa shape index (κ3) is 2.62. The number of rotatable bonds is 3. The maximum absolute atomic E-state index is 12.7. The standard InChI is InChI=1S/C21H17NO3/c1-13-17-12-7-14-5-3-4-6-18(14)20(17)25-19(13)21(23)22-15-8-10-16(24-2)11-9-15/h3-12H,1-2H3,(H,22,23). The number of anilines is 1. The lowest BCUT2D eigenvalue weighted by Gasteiger charge is -2.05. The lowest BCUT2D eigenvalue weighted by molar-refractivity contribution is 0.0998. The summed E-state index contributed by atoms with van der Waals surface area (Å²) >= 11 is 0. The molecule has 1 amide bonds. The van der Waals surface area contributed by atoms with Gasteiger partial charge in [0.25, 0.3) is 5.91 Å². The fourth-order valence-corrected chi connectivity index (χ4v) is 3.03. The van der Waals surface area contributed by atoms with E-state index in [1.165, 1.54) is 0 Å². The van der Waals surface area contributed by atoms with E-state index in [0.29, 0.717) is 11.4 Å². The van der Waals surface area contributed by atoms with E-state index >= 15 is 0 Å². The monoisotopic (exact) mass is 331 g/mol. The van der Waals surface area contributed by atoms with Crippen LogP contribution in [-0.4, -0.2) is 13.0 Å². The second-order valence-electron chi connectivity index (χ2n) is 5.90. The van der Waals surface area contributed by atoms with E-state index in [1.807, 2.05) is 43.3 Å². The van der Waals surface area contributed by atoms with Crippen molar-refractivity contribution in [2.24, 2.45) is 0 Å². The highest BCUT2D eigenvalue weighted by Crippen LogP contribution is 2.32. The Morgan fingerprint density at radius 2 is 1.72 bits per heavy atom. The Morgan fingerprint density at radius 3 is 2.48 bits per heavy atom. The minimum Gasteiger partial charge on any atom is -0.497 e. The number of aryl methyl sites for hydroxylation is 1. The number of fused-ring (bicyclic) bond motifs is 3. The molecular formula is C21H17NO3. The highest BCUT2D eigenvalue weighted by Gasteiger charge is 2.19. The topological polar surface area (TPSA) is 51.5 Å². The molecule has 1 N–H and O–H groups in total. The molecule has 4 heteroatoms. The number of nitrogens with one attached hydrogen (secondary N) is 1. The molecule has 1 heterocycles. The van der Waals surface area contributed by atoms with E-state index in [1.54, 1.807) is 31.4 Å². The second-order valence-corrected chi connectivity index (χ2v) is 5.90. The van der Waals surface area contributed by atoms with Crippen molar-refractivity contribution >= 4 is 33.3 Å². The molecule has 0 unspecified atom stereocenters. The van der Waals surface area contributed by atoms with Crippen LogP contribution in [0.3, 0.4) is 0 Å². The van der Waals surface area contributed by atoms with Crippen molar-refractivity contribution in [3.05, 3.63) is 72.0 Å². The highest BCUT2D eigenvalue weighted by molar-refractivity contribution is 6.11. The molecule has 0 aliphatic rings. The van der Waals surface area contributed by atoms with Gasteiger partial charge in [-0.05, 0) is 36.6 Å². The summed E-state index contributed by atoms with van der Waals surface area (Å²) in [5, 5.41) is 5.92. The normalized spacial score (nSPS) is 11.0. The molecule has 0 bridgehead atoms. The molecule has 1 aromatic heterocycles. The minimum atomic E-state index is -0.261. The van der Waals surface area contributed by atoms with Crippen LogP contribution in [0.15, 0.2) is 65.1 Å². The molecule has 0 aliphatic heterocycles. The Labute approximate surface area is 145 Å². The molecular weight excluding hydrogens is 314 g/mol. The summed E-state index contributed by atoms with van der Waals surface area (Å²) in [4.78, 5) is 12.7. The van der Waals surface area contributed by atoms with Crippen LogP contribution >= 0.6 is 0 Å². The van der Waals surface area contributed by atoms with Crippen molar-refractivity contribution in [1.82, 2.24) is 0 Å². The summed E-state index contributed by atoms with van der Waals surface area (Å²) in [6, 6.07) is 19.2. The van der Waals surface area contributed by atoms with Gasteiger partial charge in [-0.1, -0.05) is 36.4 Å². The number of carbonyl (C=O) groups excluding carboxylic acids is 1. The van der Waals surface area contributed by atoms with Crippen LogP contribution in [-0.2, 0) is 0 Å². The van der Waals surface area contributed by atoms with Gasteiger partial charge in [-0.2, -0.15) is 0 Å². The zero-order chi connectivity index (χ0) is 17.4. The SMILES string of the molecule is COc1ccc(NC(=O)c2oc3c(ccc4ccccc43)c2C)cc1. The van der Waals surface area contributed by atoms with E-state index < -0.39 is 0 Å². The van der Waals surface area contributed by atoms with Crippen LogP contribution in [0.25, 0.3) is 21.7 Å². The number of furan rings is 1. The van der Waals surface area contributed by atoms with Crippen molar-refractivity contribution < 1.29 is 13.9 Å². The summed E-state index contributed by atoms with van der Waals surface area (Å²) in [6.45, 7) is 1.91. The molecule has 4 rings (SSSR count). The van der Waals surface area contributed by atoms with E-state index in [2.05, 4.69) is 5.32 Å². The smallest absolute Gasteiger partial charge is 0.291 e. The molecule has 0 atom stereocenters. The van der Waals surface area contributed by atoms with Gasteiger partial charge in [0.2, 0.25) is 0 Å². The Hall–Kier alpha value is -3.27. The molecule has 25 heavy (non-hydrogen) atoms. The first kappa shape index (κ1) is 15.3. The average molecular weight is 331 g/mol. The fraction of sp³-hybridized carbons (Fsp3) is 0.0952. The predicted octanol–water partition coefficient (Wildman–Crippen LogP) is 5.16. The van der Waals surface area contributed by atoms with Crippen LogP contribution in [0.4, 0.5) is 5.69 Å². The molecule has 0 radical (unpaired) electrons. The van der Waals surface area contributed by atoms with Crippen LogP contribution in [0.1, 0.15) is 16.1 Å². The van der Waals surface area contributed by atoms with Gasteiger partial charge in [0.1, 0.15) is 11.3 Å². The van der Waals surface area contributed by atoms with Crippen LogP contribution < -0.4 is 10.1 Å². The molecule has 4 nitrogen and oxygen atoms in total. The predicted molar refractivity (Wildman–Crippen MR) is 99.4 cm³/mol. The van der Waals surface area contributed by atoms with Gasteiger partial charge < -0.3 is 14.5 Å². The largest absolute Gasteiger partial charge is 0.497 e. The number of benzene rings is 3.